The van der Waals surface area contributed by atoms with Crippen LogP contribution in [0.3, 0.4) is 0 Å². The zero-order valence-corrected chi connectivity index (χ0v) is 12.4. The molecule has 18 heavy (non-hydrogen) atoms. The Bertz CT molecular complexity index is 253. The Kier molecular flexibility index (Phi) is 5.57. The van der Waals surface area contributed by atoms with Gasteiger partial charge in [-0.15, -0.1) is 0 Å². The summed E-state index contributed by atoms with van der Waals surface area (Å²) in [6.07, 6.45) is 2.89. The first-order valence-corrected chi connectivity index (χ1v) is 7.35. The van der Waals surface area contributed by atoms with E-state index in [0.717, 1.165) is 25.9 Å². The van der Waals surface area contributed by atoms with E-state index in [1.165, 1.54) is 0 Å². The van der Waals surface area contributed by atoms with Crippen molar-refractivity contribution in [2.24, 2.45) is 17.3 Å². The number of alkyl halides is 2. The highest BCUT2D eigenvalue weighted by Gasteiger charge is 2.41. The molecule has 0 aromatic rings. The molecule has 0 spiro atoms. The van der Waals surface area contributed by atoms with E-state index < -0.39 is 5.92 Å². The van der Waals surface area contributed by atoms with Gasteiger partial charge in [0.15, 0.2) is 0 Å². The molecule has 1 fully saturated rings. The Hall–Kier alpha value is -0.180. The van der Waals surface area contributed by atoms with Crippen LogP contribution in [0.1, 0.15) is 59.8 Å². The third-order valence-corrected chi connectivity index (χ3v) is 4.25. The molecule has 1 aliphatic carbocycles. The maximum atomic E-state index is 13.2. The largest absolute Gasteiger partial charge is 0.316 e. The minimum absolute atomic E-state index is 0.0941. The third kappa shape index (κ3) is 5.21. The van der Waals surface area contributed by atoms with E-state index in [-0.39, 0.29) is 24.2 Å². The van der Waals surface area contributed by atoms with Crippen LogP contribution in [0.15, 0.2) is 0 Å². The summed E-state index contributed by atoms with van der Waals surface area (Å²) in [7, 11) is 0. The topological polar surface area (TPSA) is 12.0 Å². The molecule has 1 aliphatic rings. The monoisotopic (exact) mass is 261 g/mol. The first-order valence-electron chi connectivity index (χ1n) is 7.35. The molecule has 2 atom stereocenters. The predicted molar refractivity (Wildman–Crippen MR) is 73.0 cm³/mol. The van der Waals surface area contributed by atoms with Crippen LogP contribution in [0.25, 0.3) is 0 Å². The van der Waals surface area contributed by atoms with E-state index in [2.05, 4.69) is 33.0 Å². The van der Waals surface area contributed by atoms with Gasteiger partial charge in [-0.25, -0.2) is 8.78 Å². The molecule has 0 heterocycles. The maximum Gasteiger partial charge on any atom is 0.248 e. The van der Waals surface area contributed by atoms with Gasteiger partial charge in [0.1, 0.15) is 0 Å². The summed E-state index contributed by atoms with van der Waals surface area (Å²) >= 11 is 0. The molecular weight excluding hydrogens is 232 g/mol. The van der Waals surface area contributed by atoms with Crippen molar-refractivity contribution in [3.05, 3.63) is 0 Å². The quantitative estimate of drug-likeness (QED) is 0.713. The second-order valence-electron chi connectivity index (χ2n) is 6.86. The second kappa shape index (κ2) is 6.31. The van der Waals surface area contributed by atoms with E-state index in [0.29, 0.717) is 12.3 Å². The fraction of sp³-hybridized carbons (Fsp3) is 1.00. The minimum Gasteiger partial charge on any atom is -0.316 e. The number of nitrogens with one attached hydrogen (secondary N) is 1. The first-order chi connectivity index (χ1) is 8.26. The van der Waals surface area contributed by atoms with Gasteiger partial charge in [0.2, 0.25) is 5.92 Å². The van der Waals surface area contributed by atoms with Crippen molar-refractivity contribution in [1.82, 2.24) is 5.32 Å². The average Bonchev–Trinajstić information content (AvgIpc) is 2.57. The molecule has 1 rings (SSSR count). The Morgan fingerprint density at radius 2 is 2.06 bits per heavy atom. The van der Waals surface area contributed by atoms with Crippen LogP contribution < -0.4 is 5.32 Å². The predicted octanol–water partition coefficient (Wildman–Crippen LogP) is 4.47. The number of hydrogen-bond donors (Lipinski definition) is 1. The van der Waals surface area contributed by atoms with E-state index in [9.17, 15) is 8.78 Å². The standard InChI is InChI=1S/C15H29F2N/c1-5-14(4,11-18-10-12(2)3)8-13-6-7-15(16,17)9-13/h12-13,18H,5-11H2,1-4H3. The molecular formula is C15H29F2N. The highest BCUT2D eigenvalue weighted by molar-refractivity contribution is 4.87. The van der Waals surface area contributed by atoms with E-state index in [1.54, 1.807) is 0 Å². The lowest BCUT2D eigenvalue weighted by atomic mass is 9.78. The van der Waals surface area contributed by atoms with Gasteiger partial charge >= 0.3 is 0 Å². The number of halogens is 2. The fourth-order valence-electron chi connectivity index (χ4n) is 2.92. The molecule has 1 N–H and O–H groups in total. The van der Waals surface area contributed by atoms with Gasteiger partial charge < -0.3 is 5.32 Å². The van der Waals surface area contributed by atoms with Gasteiger partial charge in [-0.3, -0.25) is 0 Å². The first kappa shape index (κ1) is 15.9. The highest BCUT2D eigenvalue weighted by atomic mass is 19.3. The molecule has 0 amide bonds. The third-order valence-electron chi connectivity index (χ3n) is 4.25. The summed E-state index contributed by atoms with van der Waals surface area (Å²) in [5.41, 5.74) is 0.167. The van der Waals surface area contributed by atoms with Crippen molar-refractivity contribution >= 4 is 0 Å². The van der Waals surface area contributed by atoms with Crippen LogP contribution in [-0.4, -0.2) is 19.0 Å². The van der Waals surface area contributed by atoms with Crippen molar-refractivity contribution in [3.63, 3.8) is 0 Å². The van der Waals surface area contributed by atoms with Gasteiger partial charge in [-0.2, -0.15) is 0 Å². The lowest BCUT2D eigenvalue weighted by molar-refractivity contribution is 0.00281. The maximum absolute atomic E-state index is 13.2. The Labute approximate surface area is 111 Å². The van der Waals surface area contributed by atoms with Crippen LogP contribution in [0.4, 0.5) is 8.78 Å². The lowest BCUT2D eigenvalue weighted by Crippen LogP contribution is -2.35. The molecule has 0 saturated heterocycles. The van der Waals surface area contributed by atoms with E-state index >= 15 is 0 Å². The Balaban J connectivity index is 2.40. The summed E-state index contributed by atoms with van der Waals surface area (Å²) < 4.78 is 26.4. The van der Waals surface area contributed by atoms with Crippen LogP contribution in [0, 0.1) is 17.3 Å². The van der Waals surface area contributed by atoms with Crippen LogP contribution >= 0.6 is 0 Å². The molecule has 1 nitrogen and oxygen atoms in total. The summed E-state index contributed by atoms with van der Waals surface area (Å²) in [4.78, 5) is 0. The van der Waals surface area contributed by atoms with Gasteiger partial charge in [0.25, 0.3) is 0 Å². The molecule has 3 heteroatoms. The Morgan fingerprint density at radius 3 is 2.50 bits per heavy atom. The summed E-state index contributed by atoms with van der Waals surface area (Å²) in [6, 6.07) is 0. The fourth-order valence-corrected chi connectivity index (χ4v) is 2.92. The van der Waals surface area contributed by atoms with Crippen molar-refractivity contribution in [2.45, 2.75) is 65.7 Å². The van der Waals surface area contributed by atoms with Crippen LogP contribution in [0.2, 0.25) is 0 Å². The zero-order valence-electron chi connectivity index (χ0n) is 12.4. The molecule has 2 unspecified atom stereocenters. The Morgan fingerprint density at radius 1 is 1.39 bits per heavy atom. The minimum atomic E-state index is -2.40. The van der Waals surface area contributed by atoms with Crippen molar-refractivity contribution < 1.29 is 8.78 Å². The van der Waals surface area contributed by atoms with Gasteiger partial charge in [0, 0.05) is 19.4 Å². The number of rotatable bonds is 7. The molecule has 1 saturated carbocycles. The second-order valence-corrected chi connectivity index (χ2v) is 6.86. The van der Waals surface area contributed by atoms with E-state index in [4.69, 9.17) is 0 Å². The van der Waals surface area contributed by atoms with E-state index in [1.807, 2.05) is 0 Å². The molecule has 0 aromatic carbocycles. The lowest BCUT2D eigenvalue weighted by Gasteiger charge is -2.32. The normalized spacial score (nSPS) is 26.5. The molecule has 0 radical (unpaired) electrons. The zero-order chi connectivity index (χ0) is 13.8. The average molecular weight is 261 g/mol. The van der Waals surface area contributed by atoms with Crippen LogP contribution in [0.5, 0.6) is 0 Å². The van der Waals surface area contributed by atoms with Crippen LogP contribution in [-0.2, 0) is 0 Å². The van der Waals surface area contributed by atoms with Gasteiger partial charge in [-0.05, 0) is 43.1 Å². The highest BCUT2D eigenvalue weighted by Crippen LogP contribution is 2.44. The van der Waals surface area contributed by atoms with Gasteiger partial charge in [-0.1, -0.05) is 27.7 Å². The molecule has 0 bridgehead atoms. The SMILES string of the molecule is CCC(C)(CNCC(C)C)CC1CCC(F)(F)C1. The van der Waals surface area contributed by atoms with Gasteiger partial charge in [0.05, 0.1) is 0 Å². The summed E-state index contributed by atoms with van der Waals surface area (Å²) in [5.74, 6) is -1.54. The molecule has 0 aromatic heterocycles. The summed E-state index contributed by atoms with van der Waals surface area (Å²) in [5, 5.41) is 3.48. The van der Waals surface area contributed by atoms with Crippen molar-refractivity contribution in [2.75, 3.05) is 13.1 Å². The molecule has 108 valence electrons. The van der Waals surface area contributed by atoms with Crippen molar-refractivity contribution in [1.29, 1.82) is 0 Å². The van der Waals surface area contributed by atoms with Crippen molar-refractivity contribution in [3.8, 4) is 0 Å². The summed E-state index contributed by atoms with van der Waals surface area (Å²) in [6.45, 7) is 10.7. The number of hydrogen-bond acceptors (Lipinski definition) is 1. The smallest absolute Gasteiger partial charge is 0.248 e. The molecule has 0 aliphatic heterocycles.